The van der Waals surface area contributed by atoms with Crippen LogP contribution in [-0.2, 0) is 12.8 Å². The zero-order valence-electron chi connectivity index (χ0n) is 13.2. The van der Waals surface area contributed by atoms with Gasteiger partial charge in [-0.3, -0.25) is 9.69 Å². The van der Waals surface area contributed by atoms with Crippen LogP contribution in [0.3, 0.4) is 0 Å². The largest absolute Gasteiger partial charge is 0.294 e. The minimum atomic E-state index is 0.191. The molecule has 0 heterocycles. The molecule has 2 aliphatic rings. The molecule has 2 heteroatoms. The minimum absolute atomic E-state index is 0.191. The maximum absolute atomic E-state index is 12.4. The third kappa shape index (κ3) is 2.43. The number of fused-ring (bicyclic) bond motifs is 2. The Kier molecular flexibility index (Phi) is 3.62. The highest BCUT2D eigenvalue weighted by atomic mass is 16.1. The number of Topliss-reactive ketones (excluding diaryl/α,β-unsaturated/α-hetero) is 1. The number of hydrogen-bond donors (Lipinski definition) is 0. The zero-order valence-corrected chi connectivity index (χ0v) is 13.2. The molecule has 0 aromatic heterocycles. The molecular formula is C21H21NO. The Bertz CT molecular complexity index is 739. The molecule has 116 valence electrons. The first-order valence-corrected chi connectivity index (χ1v) is 8.33. The van der Waals surface area contributed by atoms with Crippen molar-refractivity contribution in [2.75, 3.05) is 6.54 Å². The maximum atomic E-state index is 12.4. The Balaban J connectivity index is 1.66. The molecule has 2 aromatic carbocycles. The first kappa shape index (κ1) is 14.4. The summed E-state index contributed by atoms with van der Waals surface area (Å²) in [5.41, 5.74) is 4.99. The molecule has 2 aromatic rings. The summed E-state index contributed by atoms with van der Waals surface area (Å²) in [6.45, 7) is 4.77. The van der Waals surface area contributed by atoms with Gasteiger partial charge >= 0.3 is 0 Å². The third-order valence-electron chi connectivity index (χ3n) is 5.24. The van der Waals surface area contributed by atoms with Crippen molar-refractivity contribution >= 4 is 5.78 Å². The Hall–Kier alpha value is -2.19. The van der Waals surface area contributed by atoms with E-state index in [1.165, 1.54) is 16.7 Å². The Morgan fingerprint density at radius 1 is 1.00 bits per heavy atom. The van der Waals surface area contributed by atoms with E-state index in [4.69, 9.17) is 0 Å². The predicted octanol–water partition coefficient (Wildman–Crippen LogP) is 3.97. The van der Waals surface area contributed by atoms with E-state index >= 15 is 0 Å². The van der Waals surface area contributed by atoms with Crippen LogP contribution in [0.25, 0.3) is 0 Å². The van der Waals surface area contributed by atoms with Crippen molar-refractivity contribution in [3.63, 3.8) is 0 Å². The van der Waals surface area contributed by atoms with Crippen LogP contribution >= 0.6 is 0 Å². The average Bonchev–Trinajstić information content (AvgIpc) is 3.14. The second-order valence-corrected chi connectivity index (χ2v) is 6.55. The topological polar surface area (TPSA) is 20.3 Å². The van der Waals surface area contributed by atoms with E-state index in [0.717, 1.165) is 24.9 Å². The number of rotatable bonds is 4. The van der Waals surface area contributed by atoms with Crippen molar-refractivity contribution in [3.8, 4) is 0 Å². The number of carbonyl (C=O) groups is 1. The van der Waals surface area contributed by atoms with Gasteiger partial charge in [0.2, 0.25) is 0 Å². The second kappa shape index (κ2) is 5.78. The molecule has 2 aliphatic carbocycles. The molecule has 23 heavy (non-hydrogen) atoms. The lowest BCUT2D eigenvalue weighted by molar-refractivity contribution is 0.0931. The molecule has 1 unspecified atom stereocenters. The van der Waals surface area contributed by atoms with Gasteiger partial charge in [-0.2, -0.15) is 0 Å². The van der Waals surface area contributed by atoms with E-state index in [1.807, 2.05) is 24.3 Å². The van der Waals surface area contributed by atoms with E-state index in [9.17, 15) is 4.79 Å². The highest BCUT2D eigenvalue weighted by molar-refractivity contribution is 6.01. The number of hydrogen-bond acceptors (Lipinski definition) is 2. The Labute approximate surface area is 137 Å². The Morgan fingerprint density at radius 2 is 1.65 bits per heavy atom. The molecule has 0 aliphatic heterocycles. The van der Waals surface area contributed by atoms with Gasteiger partial charge in [0.25, 0.3) is 0 Å². The molecule has 0 spiro atoms. The van der Waals surface area contributed by atoms with Gasteiger partial charge in [-0.05, 0) is 29.5 Å². The summed E-state index contributed by atoms with van der Waals surface area (Å²) in [6.07, 6.45) is 4.70. The van der Waals surface area contributed by atoms with E-state index in [2.05, 4.69) is 41.8 Å². The van der Waals surface area contributed by atoms with Crippen LogP contribution in [-0.4, -0.2) is 23.3 Å². The van der Waals surface area contributed by atoms with Crippen molar-refractivity contribution in [2.45, 2.75) is 31.3 Å². The molecule has 2 nitrogen and oxygen atoms in total. The maximum Gasteiger partial charge on any atom is 0.165 e. The minimum Gasteiger partial charge on any atom is -0.294 e. The Morgan fingerprint density at radius 3 is 2.35 bits per heavy atom. The van der Waals surface area contributed by atoms with Gasteiger partial charge in [0.15, 0.2) is 5.78 Å². The van der Waals surface area contributed by atoms with Crippen LogP contribution in [0.5, 0.6) is 0 Å². The monoisotopic (exact) mass is 303 g/mol. The van der Waals surface area contributed by atoms with Crippen molar-refractivity contribution in [3.05, 3.63) is 83.4 Å². The molecule has 0 bridgehead atoms. The standard InChI is InChI=1S/C21H21NO/c1-2-11-22(17-12-15-7-3-4-8-16(15)13-17)20-14-21(23)19-10-6-5-9-18(19)20/h2-10,17,20H,1,11-14H2. The smallest absolute Gasteiger partial charge is 0.165 e. The summed E-state index contributed by atoms with van der Waals surface area (Å²) < 4.78 is 0. The van der Waals surface area contributed by atoms with Gasteiger partial charge in [0, 0.05) is 30.6 Å². The molecule has 0 radical (unpaired) electrons. The summed E-state index contributed by atoms with van der Waals surface area (Å²) >= 11 is 0. The SMILES string of the molecule is C=CCN(C1Cc2ccccc2C1)C1CC(=O)c2ccccc21. The molecule has 0 N–H and O–H groups in total. The van der Waals surface area contributed by atoms with Crippen LogP contribution in [0.2, 0.25) is 0 Å². The third-order valence-corrected chi connectivity index (χ3v) is 5.24. The van der Waals surface area contributed by atoms with Gasteiger partial charge in [-0.15, -0.1) is 6.58 Å². The van der Waals surface area contributed by atoms with Gasteiger partial charge in [-0.1, -0.05) is 54.6 Å². The van der Waals surface area contributed by atoms with Crippen LogP contribution in [0.15, 0.2) is 61.2 Å². The lowest BCUT2D eigenvalue weighted by Crippen LogP contribution is -2.38. The molecular weight excluding hydrogens is 282 g/mol. The fraction of sp³-hybridized carbons (Fsp3) is 0.286. The summed E-state index contributed by atoms with van der Waals surface area (Å²) in [7, 11) is 0. The fourth-order valence-corrected chi connectivity index (χ4v) is 4.18. The summed E-state index contributed by atoms with van der Waals surface area (Å²) in [6, 6.07) is 17.4. The first-order chi connectivity index (χ1) is 11.3. The van der Waals surface area contributed by atoms with Gasteiger partial charge in [0.1, 0.15) is 0 Å². The molecule has 1 atom stereocenters. The summed E-state index contributed by atoms with van der Waals surface area (Å²) in [4.78, 5) is 14.8. The van der Waals surface area contributed by atoms with Gasteiger partial charge in [0.05, 0.1) is 0 Å². The van der Waals surface area contributed by atoms with E-state index in [1.54, 1.807) is 0 Å². The van der Waals surface area contributed by atoms with Crippen molar-refractivity contribution in [1.29, 1.82) is 0 Å². The molecule has 0 saturated heterocycles. The number of carbonyl (C=O) groups excluding carboxylic acids is 1. The molecule has 0 fully saturated rings. The van der Waals surface area contributed by atoms with E-state index in [-0.39, 0.29) is 11.8 Å². The lowest BCUT2D eigenvalue weighted by Gasteiger charge is -2.33. The van der Waals surface area contributed by atoms with Crippen LogP contribution in [0.1, 0.15) is 39.5 Å². The van der Waals surface area contributed by atoms with Gasteiger partial charge in [-0.25, -0.2) is 0 Å². The van der Waals surface area contributed by atoms with E-state index in [0.29, 0.717) is 12.5 Å². The number of benzene rings is 2. The first-order valence-electron chi connectivity index (χ1n) is 8.33. The fourth-order valence-electron chi connectivity index (χ4n) is 4.18. The van der Waals surface area contributed by atoms with Crippen LogP contribution in [0.4, 0.5) is 0 Å². The highest BCUT2D eigenvalue weighted by Crippen LogP contribution is 2.39. The number of nitrogens with zero attached hydrogens (tertiary/aromatic N) is 1. The average molecular weight is 303 g/mol. The van der Waals surface area contributed by atoms with Crippen LogP contribution in [0, 0.1) is 0 Å². The molecule has 0 amide bonds. The van der Waals surface area contributed by atoms with Gasteiger partial charge < -0.3 is 0 Å². The summed E-state index contributed by atoms with van der Waals surface area (Å²) in [5, 5.41) is 0. The highest BCUT2D eigenvalue weighted by Gasteiger charge is 2.37. The molecule has 4 rings (SSSR count). The molecule has 0 saturated carbocycles. The van der Waals surface area contributed by atoms with E-state index < -0.39 is 0 Å². The zero-order chi connectivity index (χ0) is 15.8. The number of ketones is 1. The van der Waals surface area contributed by atoms with Crippen molar-refractivity contribution in [2.24, 2.45) is 0 Å². The normalized spacial score (nSPS) is 19.9. The van der Waals surface area contributed by atoms with Crippen LogP contribution < -0.4 is 0 Å². The lowest BCUT2D eigenvalue weighted by atomic mass is 10.0. The van der Waals surface area contributed by atoms with Crippen molar-refractivity contribution in [1.82, 2.24) is 4.90 Å². The second-order valence-electron chi connectivity index (χ2n) is 6.55. The van der Waals surface area contributed by atoms with Crippen molar-refractivity contribution < 1.29 is 4.79 Å². The summed E-state index contributed by atoms with van der Waals surface area (Å²) in [5.74, 6) is 0.273. The quantitative estimate of drug-likeness (QED) is 0.797. The predicted molar refractivity (Wildman–Crippen MR) is 92.7 cm³/mol.